The molecule has 2 aromatic carbocycles. The van der Waals surface area contributed by atoms with Crippen LogP contribution in [0, 0.1) is 0 Å². The van der Waals surface area contributed by atoms with E-state index in [4.69, 9.17) is 0 Å². The monoisotopic (exact) mass is 444 g/mol. The van der Waals surface area contributed by atoms with Gasteiger partial charge in [0, 0.05) is 5.56 Å². The second-order valence-electron chi connectivity index (χ2n) is 8.30. The van der Waals surface area contributed by atoms with Crippen LogP contribution in [0.5, 0.6) is 0 Å². The lowest BCUT2D eigenvalue weighted by atomic mass is 9.43. The molecule has 2 rings (SSSR count). The van der Waals surface area contributed by atoms with Gasteiger partial charge in [0.1, 0.15) is 7.28 Å². The molecular formula is C23H24BF7. The molecule has 0 bridgehead atoms. The van der Waals surface area contributed by atoms with Crippen molar-refractivity contribution in [3.05, 3.63) is 77.4 Å². The maximum Gasteiger partial charge on any atom is 0.435 e. The number of alkyl halides is 7. The lowest BCUT2D eigenvalue weighted by Gasteiger charge is -2.33. The van der Waals surface area contributed by atoms with Crippen molar-refractivity contribution in [3.8, 4) is 0 Å². The van der Waals surface area contributed by atoms with Crippen LogP contribution in [0.1, 0.15) is 55.3 Å². The van der Waals surface area contributed by atoms with Gasteiger partial charge in [-0.25, -0.2) is 4.39 Å². The topological polar surface area (TPSA) is 0 Å². The Morgan fingerprint density at radius 3 is 1.84 bits per heavy atom. The van der Waals surface area contributed by atoms with Gasteiger partial charge in [-0.3, -0.25) is 0 Å². The van der Waals surface area contributed by atoms with Crippen LogP contribution in [-0.4, -0.2) is 19.6 Å². The van der Waals surface area contributed by atoms with Gasteiger partial charge in [0.25, 0.3) is 0 Å². The van der Waals surface area contributed by atoms with E-state index in [0.29, 0.717) is 25.8 Å². The van der Waals surface area contributed by atoms with Crippen LogP contribution in [-0.2, 0) is 11.0 Å². The van der Waals surface area contributed by atoms with Crippen LogP contribution in [0.4, 0.5) is 30.7 Å². The first kappa shape index (κ1) is 25.0. The van der Waals surface area contributed by atoms with Gasteiger partial charge in [-0.15, -0.1) is 0 Å². The third kappa shape index (κ3) is 4.99. The van der Waals surface area contributed by atoms with E-state index >= 15 is 0 Å². The second kappa shape index (κ2) is 8.71. The van der Waals surface area contributed by atoms with Crippen molar-refractivity contribution < 1.29 is 30.7 Å². The highest BCUT2D eigenvalue weighted by Gasteiger charge is 2.73. The number of rotatable bonds is 7. The number of benzene rings is 2. The Labute approximate surface area is 178 Å². The van der Waals surface area contributed by atoms with Crippen LogP contribution in [0.2, 0.25) is 0 Å². The van der Waals surface area contributed by atoms with Gasteiger partial charge in [-0.1, -0.05) is 93.9 Å². The maximum atomic E-state index is 14.5. The van der Waals surface area contributed by atoms with Gasteiger partial charge in [0.2, 0.25) is 0 Å². The highest BCUT2D eigenvalue weighted by atomic mass is 19.4. The fourth-order valence-corrected chi connectivity index (χ4v) is 3.78. The van der Waals surface area contributed by atoms with Gasteiger partial charge >= 0.3 is 18.0 Å². The summed E-state index contributed by atoms with van der Waals surface area (Å²) in [4.78, 5) is 0. The van der Waals surface area contributed by atoms with Crippen molar-refractivity contribution in [2.45, 2.75) is 56.3 Å². The van der Waals surface area contributed by atoms with Crippen molar-refractivity contribution in [1.82, 2.24) is 0 Å². The maximum absolute atomic E-state index is 14.5. The average molecular weight is 444 g/mol. The van der Waals surface area contributed by atoms with E-state index in [1.165, 1.54) is 6.07 Å². The molecule has 0 radical (unpaired) electrons. The van der Waals surface area contributed by atoms with E-state index < -0.39 is 28.9 Å². The molecule has 168 valence electrons. The second-order valence-corrected chi connectivity index (χ2v) is 8.30. The lowest BCUT2D eigenvalue weighted by molar-refractivity contribution is -0.348. The first-order valence-corrected chi connectivity index (χ1v) is 9.83. The third-order valence-electron chi connectivity index (χ3n) is 5.72. The van der Waals surface area contributed by atoms with Crippen LogP contribution < -0.4 is 0 Å². The van der Waals surface area contributed by atoms with Crippen molar-refractivity contribution in [3.63, 3.8) is 0 Å². The summed E-state index contributed by atoms with van der Waals surface area (Å²) in [6.45, 7) is 9.11. The predicted molar refractivity (Wildman–Crippen MR) is 111 cm³/mol. The average Bonchev–Trinajstić information content (AvgIpc) is 2.70. The molecule has 0 spiro atoms. The van der Waals surface area contributed by atoms with Crippen LogP contribution in [0.25, 0.3) is 6.08 Å². The van der Waals surface area contributed by atoms with Gasteiger partial charge in [-0.05, 0) is 22.3 Å². The summed E-state index contributed by atoms with van der Waals surface area (Å²) in [6.07, 6.45) is -9.85. The Kier molecular flexibility index (Phi) is 7.03. The molecule has 0 heterocycles. The van der Waals surface area contributed by atoms with E-state index in [1.54, 1.807) is 19.9 Å². The zero-order valence-electron chi connectivity index (χ0n) is 17.5. The van der Waals surface area contributed by atoms with Crippen molar-refractivity contribution >= 4 is 13.4 Å². The fourth-order valence-electron chi connectivity index (χ4n) is 3.78. The highest BCUT2D eigenvalue weighted by molar-refractivity contribution is 6.42. The third-order valence-corrected chi connectivity index (χ3v) is 5.72. The molecule has 0 aliphatic rings. The summed E-state index contributed by atoms with van der Waals surface area (Å²) in [6, 6.07) is 11.3. The minimum atomic E-state index is -6.13. The molecule has 0 aliphatic carbocycles. The summed E-state index contributed by atoms with van der Waals surface area (Å²) >= 11 is 0. The molecule has 0 nitrogen and oxygen atoms in total. The first-order chi connectivity index (χ1) is 14.2. The summed E-state index contributed by atoms with van der Waals surface area (Å²) in [7, 11) is 0.456. The predicted octanol–water partition coefficient (Wildman–Crippen LogP) is 7.44. The van der Waals surface area contributed by atoms with E-state index in [0.717, 1.165) is 17.2 Å². The zero-order valence-corrected chi connectivity index (χ0v) is 17.5. The first-order valence-electron chi connectivity index (χ1n) is 9.83. The Morgan fingerprint density at radius 2 is 1.39 bits per heavy atom. The molecule has 0 amide bonds. The molecular weight excluding hydrogens is 420 g/mol. The number of hydrogen-bond donors (Lipinski definition) is 0. The normalized spacial score (nSPS) is 14.3. The SMILES string of the molecule is C=Cc1ccc(C(BC(C)(C)c2cccc(C(F)(C(F)(F)F)C(F)(F)F)c2)CC)cc1. The summed E-state index contributed by atoms with van der Waals surface area (Å²) in [5, 5.41) is -0.800. The van der Waals surface area contributed by atoms with Gasteiger partial charge < -0.3 is 0 Å². The summed E-state index contributed by atoms with van der Waals surface area (Å²) in [5.41, 5.74) is -4.74. The highest BCUT2D eigenvalue weighted by Crippen LogP contribution is 2.53. The minimum absolute atomic E-state index is 0.0119. The quantitative estimate of drug-likeness (QED) is 0.308. The van der Waals surface area contributed by atoms with Crippen LogP contribution >= 0.6 is 0 Å². The molecule has 2 aromatic rings. The van der Waals surface area contributed by atoms with E-state index in [1.807, 2.05) is 31.2 Å². The molecule has 0 saturated carbocycles. The zero-order chi connectivity index (χ0) is 23.7. The Bertz CT molecular complexity index is 881. The summed E-state index contributed by atoms with van der Waals surface area (Å²) in [5.74, 6) is 0.0119. The smallest absolute Gasteiger partial charge is 0.218 e. The largest absolute Gasteiger partial charge is 0.435 e. The van der Waals surface area contributed by atoms with E-state index in [2.05, 4.69) is 6.58 Å². The van der Waals surface area contributed by atoms with E-state index in [-0.39, 0.29) is 11.4 Å². The van der Waals surface area contributed by atoms with Crippen LogP contribution in [0.15, 0.2) is 55.1 Å². The van der Waals surface area contributed by atoms with Gasteiger partial charge in [0.15, 0.2) is 0 Å². The molecule has 8 heteroatoms. The standard InChI is InChI=1S/C23H24BF7/c1-5-15-10-12-16(13-11-15)19(6-2)24-20(3,4)17-8-7-9-18(14-17)21(25,22(26,27)28)23(29,30)31/h5,7-14,19,24H,1,6H2,2-4H3. The van der Waals surface area contributed by atoms with E-state index in [9.17, 15) is 30.7 Å². The van der Waals surface area contributed by atoms with Gasteiger partial charge in [-0.2, -0.15) is 26.3 Å². The molecule has 0 saturated heterocycles. The molecule has 1 atom stereocenters. The number of hydrogen-bond acceptors (Lipinski definition) is 0. The van der Waals surface area contributed by atoms with Gasteiger partial charge in [0.05, 0.1) is 0 Å². The fraction of sp³-hybridized carbons (Fsp3) is 0.391. The Balaban J connectivity index is 2.44. The molecule has 1 unspecified atom stereocenters. The minimum Gasteiger partial charge on any atom is -0.218 e. The van der Waals surface area contributed by atoms with Crippen LogP contribution in [0.3, 0.4) is 0 Å². The molecule has 31 heavy (non-hydrogen) atoms. The van der Waals surface area contributed by atoms with Crippen molar-refractivity contribution in [2.75, 3.05) is 0 Å². The molecule has 0 N–H and O–H groups in total. The lowest BCUT2D eigenvalue weighted by Crippen LogP contribution is -2.50. The molecule has 0 fully saturated rings. The van der Waals surface area contributed by atoms with Crippen molar-refractivity contribution in [2.24, 2.45) is 0 Å². The van der Waals surface area contributed by atoms with Crippen molar-refractivity contribution in [1.29, 1.82) is 0 Å². The Morgan fingerprint density at radius 1 is 0.871 bits per heavy atom. The molecule has 0 aromatic heterocycles. The molecule has 0 aliphatic heterocycles. The number of halogens is 7. The Hall–Kier alpha value is -2.25. The summed E-state index contributed by atoms with van der Waals surface area (Å²) < 4.78 is 93.5.